The first-order valence-corrected chi connectivity index (χ1v) is 6.26. The van der Waals surface area contributed by atoms with Gasteiger partial charge in [0, 0.05) is 13.6 Å². The molecule has 0 aliphatic carbocycles. The van der Waals surface area contributed by atoms with Crippen molar-refractivity contribution < 1.29 is 0 Å². The van der Waals surface area contributed by atoms with Crippen LogP contribution in [0, 0.1) is 19.8 Å². The molecule has 94 valence electrons. The first-order valence-electron chi connectivity index (χ1n) is 6.26. The van der Waals surface area contributed by atoms with Crippen LogP contribution >= 0.6 is 0 Å². The van der Waals surface area contributed by atoms with Crippen LogP contribution in [0.1, 0.15) is 24.2 Å². The fraction of sp³-hybridized carbons (Fsp3) is 0.750. The summed E-state index contributed by atoms with van der Waals surface area (Å²) in [5, 5.41) is 11.7. The van der Waals surface area contributed by atoms with Crippen molar-refractivity contribution >= 4 is 5.95 Å². The highest BCUT2D eigenvalue weighted by Gasteiger charge is 2.16. The SMILES string of the molecule is Cc1nnc(N(C)CC2CCCNC2)nc1C. The summed E-state index contributed by atoms with van der Waals surface area (Å²) in [6, 6.07) is 0. The van der Waals surface area contributed by atoms with Gasteiger partial charge in [0.1, 0.15) is 0 Å². The Balaban J connectivity index is 1.98. The van der Waals surface area contributed by atoms with E-state index in [1.54, 1.807) is 0 Å². The zero-order valence-electron chi connectivity index (χ0n) is 10.9. The van der Waals surface area contributed by atoms with Gasteiger partial charge >= 0.3 is 0 Å². The summed E-state index contributed by atoms with van der Waals surface area (Å²) in [5.41, 5.74) is 1.87. The molecule has 5 nitrogen and oxygen atoms in total. The molecule has 1 aliphatic rings. The third-order valence-corrected chi connectivity index (χ3v) is 3.35. The fourth-order valence-electron chi connectivity index (χ4n) is 2.16. The molecule has 0 aromatic carbocycles. The topological polar surface area (TPSA) is 53.9 Å². The van der Waals surface area contributed by atoms with E-state index < -0.39 is 0 Å². The minimum atomic E-state index is 0.693. The first kappa shape index (κ1) is 12.2. The molecule has 2 rings (SSSR count). The van der Waals surface area contributed by atoms with Crippen LogP contribution in [-0.2, 0) is 0 Å². The average molecular weight is 235 g/mol. The minimum absolute atomic E-state index is 0.693. The number of rotatable bonds is 3. The Morgan fingerprint density at radius 3 is 2.76 bits per heavy atom. The molecule has 1 atom stereocenters. The molecule has 1 unspecified atom stereocenters. The predicted octanol–water partition coefficient (Wildman–Crippen LogP) is 0.924. The van der Waals surface area contributed by atoms with E-state index in [9.17, 15) is 0 Å². The molecular formula is C12H21N5. The van der Waals surface area contributed by atoms with Gasteiger partial charge < -0.3 is 10.2 Å². The quantitative estimate of drug-likeness (QED) is 0.844. The number of nitrogens with one attached hydrogen (secondary N) is 1. The number of anilines is 1. The molecule has 5 heteroatoms. The Morgan fingerprint density at radius 2 is 2.12 bits per heavy atom. The Hall–Kier alpha value is -1.23. The molecule has 1 saturated heterocycles. The van der Waals surface area contributed by atoms with E-state index in [0.717, 1.165) is 37.0 Å². The fourth-order valence-corrected chi connectivity index (χ4v) is 2.16. The van der Waals surface area contributed by atoms with Crippen LogP contribution in [0.3, 0.4) is 0 Å². The van der Waals surface area contributed by atoms with E-state index in [-0.39, 0.29) is 0 Å². The zero-order chi connectivity index (χ0) is 12.3. The maximum atomic E-state index is 4.47. The molecule has 0 spiro atoms. The number of piperidine rings is 1. The molecule has 1 aromatic heterocycles. The summed E-state index contributed by atoms with van der Waals surface area (Å²) in [6.07, 6.45) is 2.56. The second kappa shape index (κ2) is 5.40. The largest absolute Gasteiger partial charge is 0.342 e. The van der Waals surface area contributed by atoms with E-state index in [1.807, 2.05) is 20.9 Å². The average Bonchev–Trinajstić information content (AvgIpc) is 2.34. The van der Waals surface area contributed by atoms with Crippen molar-refractivity contribution in [2.24, 2.45) is 5.92 Å². The lowest BCUT2D eigenvalue weighted by atomic mass is 9.99. The Morgan fingerprint density at radius 1 is 1.29 bits per heavy atom. The molecule has 17 heavy (non-hydrogen) atoms. The van der Waals surface area contributed by atoms with Crippen molar-refractivity contribution in [1.82, 2.24) is 20.5 Å². The van der Waals surface area contributed by atoms with Gasteiger partial charge in [-0.05, 0) is 45.7 Å². The van der Waals surface area contributed by atoms with Crippen LogP contribution in [0.4, 0.5) is 5.95 Å². The Labute approximate surface area is 103 Å². The zero-order valence-corrected chi connectivity index (χ0v) is 10.9. The second-order valence-corrected chi connectivity index (χ2v) is 4.88. The van der Waals surface area contributed by atoms with Crippen LogP contribution in [0.5, 0.6) is 0 Å². The lowest BCUT2D eigenvalue weighted by molar-refractivity contribution is 0.379. The van der Waals surface area contributed by atoms with Crippen LogP contribution in [0.2, 0.25) is 0 Å². The summed E-state index contributed by atoms with van der Waals surface area (Å²) in [4.78, 5) is 6.58. The van der Waals surface area contributed by atoms with Crippen LogP contribution in [0.25, 0.3) is 0 Å². The lowest BCUT2D eigenvalue weighted by Crippen LogP contribution is -2.37. The molecule has 1 aromatic rings. The van der Waals surface area contributed by atoms with Crippen molar-refractivity contribution in [2.45, 2.75) is 26.7 Å². The summed E-state index contributed by atoms with van der Waals surface area (Å²) >= 11 is 0. The van der Waals surface area contributed by atoms with Crippen LogP contribution in [0.15, 0.2) is 0 Å². The summed E-state index contributed by atoms with van der Waals surface area (Å²) in [6.45, 7) is 7.16. The lowest BCUT2D eigenvalue weighted by Gasteiger charge is -2.27. The smallest absolute Gasteiger partial charge is 0.245 e. The highest BCUT2D eigenvalue weighted by Crippen LogP contribution is 2.14. The molecule has 0 radical (unpaired) electrons. The van der Waals surface area contributed by atoms with E-state index in [2.05, 4.69) is 25.4 Å². The van der Waals surface area contributed by atoms with Gasteiger partial charge in [0.25, 0.3) is 0 Å². The number of nitrogens with zero attached hydrogens (tertiary/aromatic N) is 4. The van der Waals surface area contributed by atoms with Crippen molar-refractivity contribution in [1.29, 1.82) is 0 Å². The highest BCUT2D eigenvalue weighted by molar-refractivity contribution is 5.28. The summed E-state index contributed by atoms with van der Waals surface area (Å²) in [5.74, 6) is 1.43. The van der Waals surface area contributed by atoms with Gasteiger partial charge in [-0.15, -0.1) is 5.10 Å². The number of aromatic nitrogens is 3. The monoisotopic (exact) mass is 235 g/mol. The number of hydrogen-bond acceptors (Lipinski definition) is 5. The van der Waals surface area contributed by atoms with Crippen molar-refractivity contribution in [2.75, 3.05) is 31.6 Å². The molecule has 1 N–H and O–H groups in total. The second-order valence-electron chi connectivity index (χ2n) is 4.88. The minimum Gasteiger partial charge on any atom is -0.342 e. The van der Waals surface area contributed by atoms with Gasteiger partial charge in [0.2, 0.25) is 5.95 Å². The third-order valence-electron chi connectivity index (χ3n) is 3.35. The first-order chi connectivity index (χ1) is 8.16. The maximum Gasteiger partial charge on any atom is 0.245 e. The number of hydrogen-bond donors (Lipinski definition) is 1. The standard InChI is InChI=1S/C12H21N5/c1-9-10(2)15-16-12(14-9)17(3)8-11-5-4-6-13-7-11/h11,13H,4-8H2,1-3H3. The van der Waals surface area contributed by atoms with Gasteiger partial charge in [-0.3, -0.25) is 0 Å². The molecule has 0 bridgehead atoms. The molecule has 2 heterocycles. The van der Waals surface area contributed by atoms with Gasteiger partial charge in [0.15, 0.2) is 0 Å². The van der Waals surface area contributed by atoms with Crippen molar-refractivity contribution in [3.8, 4) is 0 Å². The molecule has 0 saturated carbocycles. The van der Waals surface area contributed by atoms with E-state index in [1.165, 1.54) is 12.8 Å². The van der Waals surface area contributed by atoms with E-state index in [4.69, 9.17) is 0 Å². The van der Waals surface area contributed by atoms with Crippen LogP contribution < -0.4 is 10.2 Å². The molecule has 0 amide bonds. The van der Waals surface area contributed by atoms with Crippen molar-refractivity contribution in [3.63, 3.8) is 0 Å². The van der Waals surface area contributed by atoms with E-state index >= 15 is 0 Å². The highest BCUT2D eigenvalue weighted by atomic mass is 15.3. The third kappa shape index (κ3) is 3.12. The Kier molecular flexibility index (Phi) is 3.89. The normalized spacial score (nSPS) is 20.3. The molecular weight excluding hydrogens is 214 g/mol. The van der Waals surface area contributed by atoms with E-state index in [0.29, 0.717) is 5.92 Å². The predicted molar refractivity (Wildman–Crippen MR) is 68.2 cm³/mol. The van der Waals surface area contributed by atoms with Gasteiger partial charge in [-0.1, -0.05) is 0 Å². The summed E-state index contributed by atoms with van der Waals surface area (Å²) < 4.78 is 0. The van der Waals surface area contributed by atoms with Gasteiger partial charge in [-0.25, -0.2) is 4.98 Å². The molecule has 1 aliphatic heterocycles. The summed E-state index contributed by atoms with van der Waals surface area (Å²) in [7, 11) is 2.04. The van der Waals surface area contributed by atoms with Gasteiger partial charge in [-0.2, -0.15) is 5.10 Å². The Bertz CT molecular complexity index is 373. The van der Waals surface area contributed by atoms with Crippen molar-refractivity contribution in [3.05, 3.63) is 11.4 Å². The van der Waals surface area contributed by atoms with Gasteiger partial charge in [0.05, 0.1) is 11.4 Å². The maximum absolute atomic E-state index is 4.47. The number of aryl methyl sites for hydroxylation is 2. The van der Waals surface area contributed by atoms with Crippen LogP contribution in [-0.4, -0.2) is 41.9 Å². The molecule has 1 fully saturated rings.